The molecule has 1 N–H and O–H groups in total. The van der Waals surface area contributed by atoms with Crippen LogP contribution in [0.3, 0.4) is 0 Å². The summed E-state index contributed by atoms with van der Waals surface area (Å²) >= 11 is 0. The van der Waals surface area contributed by atoms with Crippen molar-refractivity contribution in [3.05, 3.63) is 65.0 Å². The van der Waals surface area contributed by atoms with Crippen molar-refractivity contribution in [2.75, 3.05) is 5.32 Å². The Bertz CT molecular complexity index is 743. The summed E-state index contributed by atoms with van der Waals surface area (Å²) < 4.78 is 0. The number of benzene rings is 2. The Morgan fingerprint density at radius 3 is 2.45 bits per heavy atom. The third-order valence-electron chi connectivity index (χ3n) is 2.68. The Kier molecular flexibility index (Phi) is 3.90. The quantitative estimate of drug-likeness (QED) is 0.724. The second kappa shape index (κ2) is 5.98. The van der Waals surface area contributed by atoms with Gasteiger partial charge in [0.2, 0.25) is 4.80 Å². The number of nitrogens with zero attached hydrogens (tertiary/aromatic N) is 2. The highest BCUT2D eigenvalue weighted by Gasteiger charge is 1.99. The van der Waals surface area contributed by atoms with E-state index in [4.69, 9.17) is 0 Å². The van der Waals surface area contributed by atoms with Crippen molar-refractivity contribution in [3.8, 4) is 0 Å². The second-order valence-electron chi connectivity index (χ2n) is 4.30. The molecule has 0 bridgehead atoms. The van der Waals surface area contributed by atoms with E-state index in [1.807, 2.05) is 42.5 Å². The fraction of sp³-hybridized carbons (Fsp3) is 0.0667. The van der Waals surface area contributed by atoms with Gasteiger partial charge < -0.3 is 5.32 Å². The number of hydrogen-bond acceptors (Lipinski definition) is 5. The Morgan fingerprint density at radius 2 is 1.70 bits per heavy atom. The lowest BCUT2D eigenvalue weighted by Crippen LogP contribution is -1.98. The monoisotopic (exact) mass is 299 g/mol. The Balaban J connectivity index is 1.81. The SMILES string of the molecule is Cc1ccc(N=c2nc(Nc3ccccc3)ss2)cc1. The number of nitrogens with one attached hydrogen (secondary N) is 1. The third-order valence-corrected chi connectivity index (χ3v) is 4.61. The first kappa shape index (κ1) is 13.0. The van der Waals surface area contributed by atoms with E-state index in [0.29, 0.717) is 0 Å². The van der Waals surface area contributed by atoms with E-state index in [1.54, 1.807) is 20.7 Å². The minimum Gasteiger partial charge on any atom is -0.331 e. The number of anilines is 2. The number of aryl methyl sites for hydroxylation is 1. The number of hydrogen-bond donors (Lipinski definition) is 1. The topological polar surface area (TPSA) is 37.3 Å². The van der Waals surface area contributed by atoms with Crippen LogP contribution in [0.4, 0.5) is 16.5 Å². The average molecular weight is 299 g/mol. The highest BCUT2D eigenvalue weighted by Crippen LogP contribution is 2.20. The van der Waals surface area contributed by atoms with E-state index < -0.39 is 0 Å². The van der Waals surface area contributed by atoms with Crippen molar-refractivity contribution in [2.45, 2.75) is 6.92 Å². The molecule has 0 radical (unpaired) electrons. The van der Waals surface area contributed by atoms with E-state index in [1.165, 1.54) is 5.56 Å². The smallest absolute Gasteiger partial charge is 0.222 e. The summed E-state index contributed by atoms with van der Waals surface area (Å²) in [4.78, 5) is 9.78. The molecule has 0 amide bonds. The Labute approximate surface area is 124 Å². The minimum atomic E-state index is 0.775. The van der Waals surface area contributed by atoms with Gasteiger partial charge in [-0.25, -0.2) is 4.99 Å². The fourth-order valence-corrected chi connectivity index (χ4v) is 3.35. The zero-order valence-electron chi connectivity index (χ0n) is 10.9. The molecule has 0 spiro atoms. The third kappa shape index (κ3) is 3.31. The van der Waals surface area contributed by atoms with Gasteiger partial charge in [-0.2, -0.15) is 4.98 Å². The van der Waals surface area contributed by atoms with Gasteiger partial charge in [0.25, 0.3) is 0 Å². The molecular formula is C15H13N3S2. The first-order valence-corrected chi connectivity index (χ1v) is 8.35. The molecule has 3 rings (SSSR count). The molecule has 100 valence electrons. The van der Waals surface area contributed by atoms with E-state index in [0.717, 1.165) is 21.3 Å². The molecule has 3 aromatic rings. The summed E-state index contributed by atoms with van der Waals surface area (Å²) in [5.74, 6) is 0. The second-order valence-corrected chi connectivity index (χ2v) is 6.39. The largest absolute Gasteiger partial charge is 0.331 e. The van der Waals surface area contributed by atoms with Crippen molar-refractivity contribution in [3.63, 3.8) is 0 Å². The van der Waals surface area contributed by atoms with Crippen LogP contribution in [-0.2, 0) is 0 Å². The summed E-state index contributed by atoms with van der Waals surface area (Å²) in [5.41, 5.74) is 3.21. The summed E-state index contributed by atoms with van der Waals surface area (Å²) in [6.07, 6.45) is 0. The molecule has 2 aromatic carbocycles. The minimum absolute atomic E-state index is 0.775. The van der Waals surface area contributed by atoms with Gasteiger partial charge in [-0.15, -0.1) is 0 Å². The summed E-state index contributed by atoms with van der Waals surface area (Å²) in [6.45, 7) is 2.07. The molecule has 5 heteroatoms. The summed E-state index contributed by atoms with van der Waals surface area (Å²) in [5, 5.41) is 4.14. The number of aromatic nitrogens is 1. The highest BCUT2D eigenvalue weighted by molar-refractivity contribution is 7.69. The molecule has 0 atom stereocenters. The zero-order chi connectivity index (χ0) is 13.8. The van der Waals surface area contributed by atoms with Gasteiger partial charge in [-0.1, -0.05) is 35.9 Å². The van der Waals surface area contributed by atoms with Crippen molar-refractivity contribution in [1.29, 1.82) is 0 Å². The van der Waals surface area contributed by atoms with Crippen LogP contribution in [0.1, 0.15) is 5.56 Å². The molecule has 0 unspecified atom stereocenters. The van der Waals surface area contributed by atoms with E-state index >= 15 is 0 Å². The first-order chi connectivity index (χ1) is 9.79. The van der Waals surface area contributed by atoms with Crippen LogP contribution in [0, 0.1) is 6.92 Å². The molecule has 0 aliphatic rings. The van der Waals surface area contributed by atoms with Crippen LogP contribution in [0.5, 0.6) is 0 Å². The first-order valence-electron chi connectivity index (χ1n) is 6.20. The van der Waals surface area contributed by atoms with Gasteiger partial charge >= 0.3 is 0 Å². The predicted octanol–water partition coefficient (Wildman–Crippen LogP) is 4.49. The highest BCUT2D eigenvalue weighted by atomic mass is 32.9. The number of para-hydroxylation sites is 1. The standard InChI is InChI=1S/C15H13N3S2/c1-11-7-9-13(10-8-11)17-15-18-14(19-20-15)16-12-5-3-2-4-6-12/h2-10H,1H3,(H,16,17,18). The summed E-state index contributed by atoms with van der Waals surface area (Å²) in [6, 6.07) is 18.1. The zero-order valence-corrected chi connectivity index (χ0v) is 12.5. The lowest BCUT2D eigenvalue weighted by molar-refractivity contribution is 1.23. The lowest BCUT2D eigenvalue weighted by Gasteiger charge is -1.99. The predicted molar refractivity (Wildman–Crippen MR) is 86.1 cm³/mol. The normalized spacial score (nSPS) is 11.6. The van der Waals surface area contributed by atoms with E-state index in [9.17, 15) is 0 Å². The molecule has 0 fully saturated rings. The maximum atomic E-state index is 4.52. The van der Waals surface area contributed by atoms with Crippen LogP contribution >= 0.6 is 20.7 Å². The number of rotatable bonds is 3. The average Bonchev–Trinajstić information content (AvgIpc) is 2.90. The van der Waals surface area contributed by atoms with Crippen molar-refractivity contribution in [2.24, 2.45) is 4.99 Å². The fourth-order valence-electron chi connectivity index (χ4n) is 1.67. The Morgan fingerprint density at radius 1 is 0.950 bits per heavy atom. The molecular weight excluding hydrogens is 286 g/mol. The van der Waals surface area contributed by atoms with Crippen LogP contribution < -0.4 is 10.1 Å². The lowest BCUT2D eigenvalue weighted by atomic mass is 10.2. The van der Waals surface area contributed by atoms with Gasteiger partial charge in [-0.05, 0) is 51.9 Å². The molecule has 1 aromatic heterocycles. The van der Waals surface area contributed by atoms with E-state index in [-0.39, 0.29) is 0 Å². The van der Waals surface area contributed by atoms with Crippen LogP contribution in [0.2, 0.25) is 0 Å². The molecule has 20 heavy (non-hydrogen) atoms. The van der Waals surface area contributed by atoms with Crippen molar-refractivity contribution < 1.29 is 0 Å². The molecule has 0 saturated carbocycles. The molecule has 3 nitrogen and oxygen atoms in total. The van der Waals surface area contributed by atoms with Crippen LogP contribution in [-0.4, -0.2) is 4.98 Å². The maximum absolute atomic E-state index is 4.52. The molecule has 0 aliphatic carbocycles. The Hall–Kier alpha value is -1.98. The summed E-state index contributed by atoms with van der Waals surface area (Å²) in [7, 11) is 3.16. The van der Waals surface area contributed by atoms with Crippen molar-refractivity contribution >= 4 is 37.2 Å². The van der Waals surface area contributed by atoms with Crippen molar-refractivity contribution in [1.82, 2.24) is 4.98 Å². The molecule has 0 saturated heterocycles. The van der Waals surface area contributed by atoms with Gasteiger partial charge in [0.1, 0.15) is 0 Å². The van der Waals surface area contributed by atoms with Gasteiger partial charge in [0.15, 0.2) is 5.13 Å². The van der Waals surface area contributed by atoms with Gasteiger partial charge in [0, 0.05) is 5.69 Å². The van der Waals surface area contributed by atoms with Gasteiger partial charge in [-0.3, -0.25) is 0 Å². The molecule has 1 heterocycles. The van der Waals surface area contributed by atoms with Crippen LogP contribution in [0.15, 0.2) is 59.6 Å². The maximum Gasteiger partial charge on any atom is 0.222 e. The van der Waals surface area contributed by atoms with E-state index in [2.05, 4.69) is 34.3 Å². The van der Waals surface area contributed by atoms with Crippen LogP contribution in [0.25, 0.3) is 0 Å². The molecule has 0 aliphatic heterocycles. The van der Waals surface area contributed by atoms with Gasteiger partial charge in [0.05, 0.1) is 5.69 Å².